The van der Waals surface area contributed by atoms with Crippen molar-refractivity contribution in [3.8, 4) is 0 Å². The van der Waals surface area contributed by atoms with Crippen LogP contribution in [0.15, 0.2) is 47.4 Å². The van der Waals surface area contributed by atoms with Crippen LogP contribution in [-0.4, -0.2) is 30.6 Å². The van der Waals surface area contributed by atoms with E-state index in [0.29, 0.717) is 0 Å². The van der Waals surface area contributed by atoms with Crippen molar-refractivity contribution in [1.29, 1.82) is 0 Å². The lowest BCUT2D eigenvalue weighted by Crippen LogP contribution is -2.16. The van der Waals surface area contributed by atoms with Crippen molar-refractivity contribution in [2.75, 3.05) is 4.72 Å². The zero-order valence-electron chi connectivity index (χ0n) is 11.4. The number of carbonyl (C=O) groups is 2. The van der Waals surface area contributed by atoms with E-state index in [1.54, 1.807) is 0 Å². The summed E-state index contributed by atoms with van der Waals surface area (Å²) < 4.78 is 26.9. The molecule has 0 aliphatic carbocycles. The van der Waals surface area contributed by atoms with Crippen LogP contribution in [0.1, 0.15) is 20.7 Å². The van der Waals surface area contributed by atoms with E-state index in [2.05, 4.69) is 4.72 Å². The van der Waals surface area contributed by atoms with Crippen LogP contribution >= 0.6 is 11.6 Å². The van der Waals surface area contributed by atoms with Gasteiger partial charge < -0.3 is 10.2 Å². The number of carboxylic acid groups (broad SMARTS) is 2. The van der Waals surface area contributed by atoms with Crippen LogP contribution in [0.4, 0.5) is 5.69 Å². The third kappa shape index (κ3) is 3.61. The van der Waals surface area contributed by atoms with E-state index in [0.717, 1.165) is 18.2 Å². The summed E-state index contributed by atoms with van der Waals surface area (Å²) in [6.07, 6.45) is 0. The molecule has 0 saturated heterocycles. The standard InChI is InChI=1S/C14H10ClNO6S/c15-10-6-5-8(13(17)18)7-12(10)23(21,22)16-11-4-2-1-3-9(11)14(19)20/h1-7,16H,(H,17,18)(H,19,20). The highest BCUT2D eigenvalue weighted by Crippen LogP contribution is 2.26. The predicted octanol–water partition coefficient (Wildman–Crippen LogP) is 2.54. The summed E-state index contributed by atoms with van der Waals surface area (Å²) in [4.78, 5) is 21.6. The van der Waals surface area contributed by atoms with Gasteiger partial charge in [0, 0.05) is 0 Å². The number of carboxylic acids is 2. The Hall–Kier alpha value is -2.58. The minimum Gasteiger partial charge on any atom is -0.478 e. The van der Waals surface area contributed by atoms with Crippen molar-refractivity contribution in [3.05, 3.63) is 58.6 Å². The molecule has 0 amide bonds. The topological polar surface area (TPSA) is 121 Å². The first-order valence-electron chi connectivity index (χ1n) is 6.10. The summed E-state index contributed by atoms with van der Waals surface area (Å²) in [6, 6.07) is 8.61. The lowest BCUT2D eigenvalue weighted by Gasteiger charge is -2.12. The summed E-state index contributed by atoms with van der Waals surface area (Å²) in [7, 11) is -4.26. The van der Waals surface area contributed by atoms with Gasteiger partial charge in [-0.2, -0.15) is 0 Å². The molecule has 0 bridgehead atoms. The smallest absolute Gasteiger partial charge is 0.337 e. The second kappa shape index (κ2) is 6.27. The molecule has 3 N–H and O–H groups in total. The van der Waals surface area contributed by atoms with Gasteiger partial charge in [0.25, 0.3) is 10.0 Å². The zero-order valence-corrected chi connectivity index (χ0v) is 12.9. The molecule has 0 fully saturated rings. The highest BCUT2D eigenvalue weighted by Gasteiger charge is 2.22. The van der Waals surface area contributed by atoms with Gasteiger partial charge in [0.2, 0.25) is 0 Å². The molecule has 0 unspecified atom stereocenters. The Bertz CT molecular complexity index is 894. The molecule has 0 spiro atoms. The van der Waals surface area contributed by atoms with Gasteiger partial charge in [-0.05, 0) is 30.3 Å². The number of rotatable bonds is 5. The maximum absolute atomic E-state index is 12.4. The van der Waals surface area contributed by atoms with Crippen LogP contribution in [0.25, 0.3) is 0 Å². The maximum Gasteiger partial charge on any atom is 0.337 e. The van der Waals surface area contributed by atoms with Crippen molar-refractivity contribution < 1.29 is 28.2 Å². The molecule has 7 nitrogen and oxygen atoms in total. The van der Waals surface area contributed by atoms with Gasteiger partial charge in [-0.3, -0.25) is 4.72 Å². The number of para-hydroxylation sites is 1. The molecular formula is C14H10ClNO6S. The number of aromatic carboxylic acids is 2. The van der Waals surface area contributed by atoms with Crippen molar-refractivity contribution in [2.45, 2.75) is 4.90 Å². The molecule has 0 aliphatic heterocycles. The van der Waals surface area contributed by atoms with E-state index in [4.69, 9.17) is 21.8 Å². The normalized spacial score (nSPS) is 11.0. The molecule has 2 rings (SSSR count). The number of sulfonamides is 1. The molecule has 120 valence electrons. The van der Waals surface area contributed by atoms with Gasteiger partial charge in [0.1, 0.15) is 4.90 Å². The van der Waals surface area contributed by atoms with E-state index in [1.165, 1.54) is 24.3 Å². The summed E-state index contributed by atoms with van der Waals surface area (Å²) in [5.41, 5.74) is -0.667. The first-order valence-corrected chi connectivity index (χ1v) is 7.96. The van der Waals surface area contributed by atoms with E-state index < -0.39 is 26.9 Å². The Morgan fingerprint density at radius 3 is 2.26 bits per heavy atom. The predicted molar refractivity (Wildman–Crippen MR) is 82.6 cm³/mol. The molecule has 0 saturated carbocycles. The molecule has 9 heteroatoms. The molecular weight excluding hydrogens is 346 g/mol. The van der Waals surface area contributed by atoms with E-state index in [1.807, 2.05) is 0 Å². The van der Waals surface area contributed by atoms with Crippen molar-refractivity contribution in [2.24, 2.45) is 0 Å². The Balaban J connectivity index is 2.50. The summed E-state index contributed by atoms with van der Waals surface area (Å²) >= 11 is 5.83. The third-order valence-electron chi connectivity index (χ3n) is 2.87. The Morgan fingerprint density at radius 1 is 1.00 bits per heavy atom. The second-order valence-corrected chi connectivity index (χ2v) is 6.46. The minimum absolute atomic E-state index is 0.156. The van der Waals surface area contributed by atoms with Gasteiger partial charge in [0.05, 0.1) is 21.8 Å². The highest BCUT2D eigenvalue weighted by atomic mass is 35.5. The molecule has 0 aliphatic rings. The number of hydrogen-bond donors (Lipinski definition) is 3. The summed E-state index contributed by atoms with van der Waals surface area (Å²) in [5, 5.41) is 17.8. The quantitative estimate of drug-likeness (QED) is 0.757. The van der Waals surface area contributed by atoms with Crippen LogP contribution in [0.3, 0.4) is 0 Å². The average Bonchev–Trinajstić information content (AvgIpc) is 2.47. The van der Waals surface area contributed by atoms with E-state index in [9.17, 15) is 18.0 Å². The first-order chi connectivity index (χ1) is 10.7. The van der Waals surface area contributed by atoms with Crippen molar-refractivity contribution >= 4 is 39.3 Å². The summed E-state index contributed by atoms with van der Waals surface area (Å²) in [6.45, 7) is 0. The lowest BCUT2D eigenvalue weighted by molar-refractivity contribution is 0.0686. The monoisotopic (exact) mass is 355 g/mol. The number of benzene rings is 2. The minimum atomic E-state index is -4.26. The van der Waals surface area contributed by atoms with Crippen LogP contribution in [0.5, 0.6) is 0 Å². The molecule has 0 aromatic heterocycles. The van der Waals surface area contributed by atoms with Crippen LogP contribution < -0.4 is 4.72 Å². The fourth-order valence-corrected chi connectivity index (χ4v) is 3.41. The first kappa shape index (κ1) is 16.8. The molecule has 0 atom stereocenters. The van der Waals surface area contributed by atoms with Gasteiger partial charge in [-0.1, -0.05) is 23.7 Å². The average molecular weight is 356 g/mol. The van der Waals surface area contributed by atoms with Crippen LogP contribution in [0, 0.1) is 0 Å². The summed E-state index contributed by atoms with van der Waals surface area (Å²) in [5.74, 6) is -2.63. The largest absolute Gasteiger partial charge is 0.478 e. The lowest BCUT2D eigenvalue weighted by atomic mass is 10.2. The fourth-order valence-electron chi connectivity index (χ4n) is 1.80. The third-order valence-corrected chi connectivity index (χ3v) is 4.72. The Kier molecular flexibility index (Phi) is 4.57. The SMILES string of the molecule is O=C(O)c1ccc(Cl)c(S(=O)(=O)Nc2ccccc2C(=O)O)c1. The number of nitrogens with one attached hydrogen (secondary N) is 1. The number of anilines is 1. The number of hydrogen-bond acceptors (Lipinski definition) is 4. The van der Waals surface area contributed by atoms with E-state index >= 15 is 0 Å². The van der Waals surface area contributed by atoms with Crippen molar-refractivity contribution in [3.63, 3.8) is 0 Å². The molecule has 2 aromatic carbocycles. The number of halogens is 1. The van der Waals surface area contributed by atoms with Gasteiger partial charge in [-0.25, -0.2) is 18.0 Å². The molecule has 0 radical (unpaired) electrons. The maximum atomic E-state index is 12.4. The Morgan fingerprint density at radius 2 is 1.65 bits per heavy atom. The molecule has 2 aromatic rings. The van der Waals surface area contributed by atoms with Gasteiger partial charge in [-0.15, -0.1) is 0 Å². The van der Waals surface area contributed by atoms with E-state index in [-0.39, 0.29) is 21.8 Å². The molecule has 0 heterocycles. The highest BCUT2D eigenvalue weighted by molar-refractivity contribution is 7.92. The van der Waals surface area contributed by atoms with Gasteiger partial charge >= 0.3 is 11.9 Å². The van der Waals surface area contributed by atoms with Crippen LogP contribution in [0.2, 0.25) is 5.02 Å². The fraction of sp³-hybridized carbons (Fsp3) is 0. The van der Waals surface area contributed by atoms with Gasteiger partial charge in [0.15, 0.2) is 0 Å². The molecule has 23 heavy (non-hydrogen) atoms. The van der Waals surface area contributed by atoms with Crippen molar-refractivity contribution in [1.82, 2.24) is 0 Å². The van der Waals surface area contributed by atoms with Crippen LogP contribution in [-0.2, 0) is 10.0 Å². The second-order valence-electron chi connectivity index (χ2n) is 4.41. The zero-order chi connectivity index (χ0) is 17.2. The Labute approximate surface area is 136 Å².